The largest absolute Gasteiger partial charge is 0.573 e. The van der Waals surface area contributed by atoms with Gasteiger partial charge in [-0.2, -0.15) is 4.98 Å². The molecule has 0 atom stereocenters. The summed E-state index contributed by atoms with van der Waals surface area (Å²) in [5.41, 5.74) is 1.56. The predicted octanol–water partition coefficient (Wildman–Crippen LogP) is 5.38. The van der Waals surface area contributed by atoms with E-state index in [2.05, 4.69) is 25.3 Å². The van der Waals surface area contributed by atoms with Gasteiger partial charge in [0.1, 0.15) is 23.1 Å². The molecule has 1 aromatic heterocycles. The lowest BCUT2D eigenvalue weighted by molar-refractivity contribution is -0.274. The van der Waals surface area contributed by atoms with Gasteiger partial charge in [-0.15, -0.1) is 13.2 Å². The Kier molecular flexibility index (Phi) is 5.93. The fraction of sp³-hybridized carbons (Fsp3) is 0.273. The van der Waals surface area contributed by atoms with Crippen molar-refractivity contribution >= 4 is 17.5 Å². The number of halogens is 3. The summed E-state index contributed by atoms with van der Waals surface area (Å²) < 4.78 is 52.5. The number of rotatable bonds is 8. The summed E-state index contributed by atoms with van der Waals surface area (Å²) in [6, 6.07) is 12.9. The van der Waals surface area contributed by atoms with E-state index >= 15 is 0 Å². The van der Waals surface area contributed by atoms with Crippen molar-refractivity contribution in [1.82, 2.24) is 9.97 Å². The number of aromatic nitrogens is 2. The van der Waals surface area contributed by atoms with Gasteiger partial charge in [0.05, 0.1) is 19.9 Å². The van der Waals surface area contributed by atoms with Crippen LogP contribution in [0.3, 0.4) is 0 Å². The summed E-state index contributed by atoms with van der Waals surface area (Å²) >= 11 is 0. The van der Waals surface area contributed by atoms with Crippen molar-refractivity contribution in [3.63, 3.8) is 0 Å². The number of hydrogen-bond acceptors (Lipinski definition) is 7. The molecule has 1 saturated carbocycles. The van der Waals surface area contributed by atoms with Crippen molar-refractivity contribution in [2.24, 2.45) is 0 Å². The average molecular weight is 446 g/mol. The molecule has 0 aliphatic heterocycles. The second kappa shape index (κ2) is 8.81. The molecule has 168 valence electrons. The van der Waals surface area contributed by atoms with Crippen LogP contribution in [0.25, 0.3) is 11.3 Å². The van der Waals surface area contributed by atoms with Crippen LogP contribution in [-0.2, 0) is 0 Å². The number of alkyl halides is 3. The Morgan fingerprint density at radius 1 is 0.906 bits per heavy atom. The van der Waals surface area contributed by atoms with Gasteiger partial charge in [-0.05, 0) is 25.0 Å². The zero-order valence-corrected chi connectivity index (χ0v) is 17.4. The standard InChI is InChI=1S/C22H21F3N4O3/c1-30-17-9-15(10-18(11-17)31-2)26-20-12-19(28-21(29-20)27-14-6-7-14)13-4-3-5-16(8-13)32-22(23,24)25/h3-5,8-12,14H,6-7H2,1-2H3,(H2,26,27,28,29). The van der Waals surface area contributed by atoms with Crippen LogP contribution in [0.15, 0.2) is 48.5 Å². The fourth-order valence-electron chi connectivity index (χ4n) is 3.01. The van der Waals surface area contributed by atoms with Crippen LogP contribution in [0.4, 0.5) is 30.6 Å². The van der Waals surface area contributed by atoms with Crippen molar-refractivity contribution < 1.29 is 27.4 Å². The van der Waals surface area contributed by atoms with Crippen molar-refractivity contribution in [1.29, 1.82) is 0 Å². The van der Waals surface area contributed by atoms with Crippen molar-refractivity contribution in [2.75, 3.05) is 24.9 Å². The number of nitrogens with zero attached hydrogens (tertiary/aromatic N) is 2. The highest BCUT2D eigenvalue weighted by atomic mass is 19.4. The van der Waals surface area contributed by atoms with E-state index in [1.165, 1.54) is 18.2 Å². The van der Waals surface area contributed by atoms with Gasteiger partial charge in [0.2, 0.25) is 5.95 Å². The molecule has 3 aromatic rings. The van der Waals surface area contributed by atoms with Crippen LogP contribution in [0.5, 0.6) is 17.2 Å². The van der Waals surface area contributed by atoms with Crippen molar-refractivity contribution in [2.45, 2.75) is 25.2 Å². The molecule has 2 N–H and O–H groups in total. The zero-order valence-electron chi connectivity index (χ0n) is 17.4. The van der Waals surface area contributed by atoms with E-state index in [0.29, 0.717) is 40.2 Å². The third-order valence-corrected chi connectivity index (χ3v) is 4.62. The Balaban J connectivity index is 1.68. The highest BCUT2D eigenvalue weighted by molar-refractivity contribution is 5.69. The molecule has 7 nitrogen and oxygen atoms in total. The van der Waals surface area contributed by atoms with E-state index in [4.69, 9.17) is 9.47 Å². The zero-order chi connectivity index (χ0) is 22.7. The quantitative estimate of drug-likeness (QED) is 0.481. The maximum Gasteiger partial charge on any atom is 0.573 e. The first-order chi connectivity index (χ1) is 15.3. The molecule has 1 fully saturated rings. The SMILES string of the molecule is COc1cc(Nc2cc(-c3cccc(OC(F)(F)F)c3)nc(NC3CC3)n2)cc(OC)c1. The maximum absolute atomic E-state index is 12.6. The van der Waals surface area contributed by atoms with Gasteiger partial charge in [-0.1, -0.05) is 12.1 Å². The smallest absolute Gasteiger partial charge is 0.497 e. The predicted molar refractivity (Wildman–Crippen MR) is 114 cm³/mol. The molecule has 0 radical (unpaired) electrons. The number of ether oxygens (including phenoxy) is 3. The minimum absolute atomic E-state index is 0.287. The van der Waals surface area contributed by atoms with Crippen molar-refractivity contribution in [3.05, 3.63) is 48.5 Å². The average Bonchev–Trinajstić information content (AvgIpc) is 3.56. The Hall–Kier alpha value is -3.69. The van der Waals surface area contributed by atoms with E-state index in [0.717, 1.165) is 12.8 Å². The van der Waals surface area contributed by atoms with Crippen LogP contribution in [0.1, 0.15) is 12.8 Å². The summed E-state index contributed by atoms with van der Waals surface area (Å²) in [7, 11) is 3.10. The first-order valence-electron chi connectivity index (χ1n) is 9.83. The van der Waals surface area contributed by atoms with Gasteiger partial charge in [0.25, 0.3) is 0 Å². The first-order valence-corrected chi connectivity index (χ1v) is 9.83. The van der Waals surface area contributed by atoms with E-state index < -0.39 is 6.36 Å². The molecule has 0 amide bonds. The van der Waals surface area contributed by atoms with Crippen LogP contribution >= 0.6 is 0 Å². The molecule has 0 unspecified atom stereocenters. The van der Waals surface area contributed by atoms with Gasteiger partial charge >= 0.3 is 6.36 Å². The van der Waals surface area contributed by atoms with E-state index in [1.807, 2.05) is 0 Å². The molecule has 0 spiro atoms. The topological polar surface area (TPSA) is 77.5 Å². The summed E-state index contributed by atoms with van der Waals surface area (Å²) in [5.74, 6) is 1.70. The van der Waals surface area contributed by atoms with Gasteiger partial charge in [0, 0.05) is 41.6 Å². The lowest BCUT2D eigenvalue weighted by atomic mass is 10.1. The van der Waals surface area contributed by atoms with Crippen LogP contribution in [0.2, 0.25) is 0 Å². The second-order valence-electron chi connectivity index (χ2n) is 7.18. The summed E-state index contributed by atoms with van der Waals surface area (Å²) in [4.78, 5) is 8.98. The minimum Gasteiger partial charge on any atom is -0.497 e. The van der Waals surface area contributed by atoms with Gasteiger partial charge in [0.15, 0.2) is 0 Å². The number of hydrogen-bond donors (Lipinski definition) is 2. The molecule has 0 saturated heterocycles. The monoisotopic (exact) mass is 446 g/mol. The molecule has 4 rings (SSSR count). The molecule has 1 aliphatic carbocycles. The Morgan fingerprint density at radius 3 is 2.25 bits per heavy atom. The third-order valence-electron chi connectivity index (χ3n) is 4.62. The molecular weight excluding hydrogens is 425 g/mol. The maximum atomic E-state index is 12.6. The lowest BCUT2D eigenvalue weighted by Crippen LogP contribution is -2.17. The highest BCUT2D eigenvalue weighted by Crippen LogP contribution is 2.32. The van der Waals surface area contributed by atoms with E-state index in [-0.39, 0.29) is 11.8 Å². The summed E-state index contributed by atoms with van der Waals surface area (Å²) in [5, 5.41) is 6.42. The number of benzene rings is 2. The highest BCUT2D eigenvalue weighted by Gasteiger charge is 2.31. The second-order valence-corrected chi connectivity index (χ2v) is 7.18. The van der Waals surface area contributed by atoms with Crippen LogP contribution in [-0.4, -0.2) is 36.6 Å². The Morgan fingerprint density at radius 2 is 1.62 bits per heavy atom. The molecule has 32 heavy (non-hydrogen) atoms. The molecular formula is C22H21F3N4O3. The molecule has 1 aliphatic rings. The summed E-state index contributed by atoms with van der Waals surface area (Å²) in [6.45, 7) is 0. The summed E-state index contributed by atoms with van der Waals surface area (Å²) in [6.07, 6.45) is -2.75. The normalized spacial score (nSPS) is 13.4. The van der Waals surface area contributed by atoms with Crippen LogP contribution < -0.4 is 24.8 Å². The number of methoxy groups -OCH3 is 2. The molecule has 10 heteroatoms. The first kappa shape index (κ1) is 21.5. The molecule has 1 heterocycles. The Bertz CT molecular complexity index is 1080. The minimum atomic E-state index is -4.78. The number of nitrogens with one attached hydrogen (secondary N) is 2. The van der Waals surface area contributed by atoms with Crippen LogP contribution in [0, 0.1) is 0 Å². The lowest BCUT2D eigenvalue weighted by Gasteiger charge is -2.14. The van der Waals surface area contributed by atoms with Crippen molar-refractivity contribution in [3.8, 4) is 28.5 Å². The van der Waals surface area contributed by atoms with Gasteiger partial charge < -0.3 is 24.8 Å². The molecule has 0 bridgehead atoms. The van der Waals surface area contributed by atoms with Gasteiger partial charge in [-0.25, -0.2) is 4.98 Å². The fourth-order valence-corrected chi connectivity index (χ4v) is 3.01. The Labute approximate surface area is 182 Å². The molecule has 2 aromatic carbocycles. The third kappa shape index (κ3) is 5.71. The van der Waals surface area contributed by atoms with E-state index in [1.54, 1.807) is 44.6 Å². The number of anilines is 3. The van der Waals surface area contributed by atoms with Gasteiger partial charge in [-0.3, -0.25) is 0 Å². The van der Waals surface area contributed by atoms with E-state index in [9.17, 15) is 13.2 Å².